The van der Waals surface area contributed by atoms with Gasteiger partial charge in [-0.15, -0.1) is 11.6 Å². The summed E-state index contributed by atoms with van der Waals surface area (Å²) in [6.07, 6.45) is 0. The van der Waals surface area contributed by atoms with Crippen molar-refractivity contribution in [1.82, 2.24) is 0 Å². The van der Waals surface area contributed by atoms with E-state index in [4.69, 9.17) is 11.6 Å². The summed E-state index contributed by atoms with van der Waals surface area (Å²) >= 11 is 17.3. The quantitative estimate of drug-likeness (QED) is 0.0990. The minimum atomic E-state index is -2.43. The molecule has 0 saturated heterocycles. The Morgan fingerprint density at radius 1 is 0.378 bits per heavy atom. The van der Waals surface area contributed by atoms with Crippen LogP contribution in [0.4, 0.5) is 0 Å². The highest BCUT2D eigenvalue weighted by Gasteiger charge is 2.83. The van der Waals surface area contributed by atoms with Gasteiger partial charge in [-0.25, -0.2) is 0 Å². The largest absolute Gasteiger partial charge is 0.178 e. The zero-order valence-electron chi connectivity index (χ0n) is 29.1. The Bertz CT molecular complexity index is 646. The normalized spacial score (nSPS) is 15.7. The molecular weight excluding hydrogens is 588 g/mol. The van der Waals surface area contributed by atoms with Gasteiger partial charge in [0, 0.05) is 20.7 Å². The number of hydrogen-bond acceptors (Lipinski definition) is 0. The monoisotopic (exact) mass is 656 g/mol. The van der Waals surface area contributed by atoms with E-state index < -0.39 is 42.9 Å². The van der Waals surface area contributed by atoms with Crippen molar-refractivity contribution in [1.29, 1.82) is 0 Å². The molecular formula is C29H70Cl2Si6. The van der Waals surface area contributed by atoms with Crippen molar-refractivity contribution in [3.8, 4) is 0 Å². The van der Waals surface area contributed by atoms with E-state index in [1.165, 1.54) is 0 Å². The fraction of sp³-hybridized carbons (Fsp3) is 1.00. The zero-order chi connectivity index (χ0) is 30.3. The fourth-order valence-electron chi connectivity index (χ4n) is 9.43. The molecule has 0 aliphatic carbocycles. The van der Waals surface area contributed by atoms with Crippen LogP contribution >= 0.6 is 22.7 Å². The fourth-order valence-corrected chi connectivity index (χ4v) is 250. The lowest BCUT2D eigenvalue weighted by Gasteiger charge is -2.74. The van der Waals surface area contributed by atoms with Crippen LogP contribution in [0.5, 0.6) is 0 Å². The Labute approximate surface area is 250 Å². The molecule has 37 heavy (non-hydrogen) atoms. The van der Waals surface area contributed by atoms with Crippen LogP contribution in [0.2, 0.25) is 70.5 Å². The van der Waals surface area contributed by atoms with E-state index >= 15 is 0 Å². The third-order valence-corrected chi connectivity index (χ3v) is 159. The Morgan fingerprint density at radius 2 is 0.541 bits per heavy atom. The van der Waals surface area contributed by atoms with Crippen LogP contribution in [-0.4, -0.2) is 48.4 Å². The highest BCUT2D eigenvalue weighted by atomic mass is 35.6. The van der Waals surface area contributed by atoms with Crippen molar-refractivity contribution in [2.24, 2.45) is 0 Å². The van der Waals surface area contributed by atoms with Gasteiger partial charge < -0.3 is 0 Å². The second-order valence-electron chi connectivity index (χ2n) is 16.1. The van der Waals surface area contributed by atoms with Crippen molar-refractivity contribution >= 4 is 65.6 Å². The molecule has 0 rings (SSSR count). The van der Waals surface area contributed by atoms with Crippen LogP contribution in [0.15, 0.2) is 0 Å². The molecule has 0 aliphatic rings. The van der Waals surface area contributed by atoms with Crippen molar-refractivity contribution < 1.29 is 0 Å². The third kappa shape index (κ3) is 5.09. The van der Waals surface area contributed by atoms with E-state index in [9.17, 15) is 11.1 Å². The minimum absolute atomic E-state index is 0.700. The third-order valence-electron chi connectivity index (χ3n) is 13.7. The van der Waals surface area contributed by atoms with E-state index in [-0.39, 0.29) is 0 Å². The summed E-state index contributed by atoms with van der Waals surface area (Å²) in [6, 6.07) is 0. The van der Waals surface area contributed by atoms with Gasteiger partial charge in [0.15, 0.2) is 0 Å². The first-order valence-corrected chi connectivity index (χ1v) is 37.0. The average Bonchev–Trinajstić information content (AvgIpc) is 2.76. The molecule has 0 aliphatic heterocycles. The van der Waals surface area contributed by atoms with E-state index in [1.807, 2.05) is 0 Å². The van der Waals surface area contributed by atoms with Crippen molar-refractivity contribution in [3.05, 3.63) is 0 Å². The highest BCUT2D eigenvalue weighted by Crippen LogP contribution is 2.64. The zero-order valence-corrected chi connectivity index (χ0v) is 36.6. The maximum Gasteiger partial charge on any atom is 0.129 e. The van der Waals surface area contributed by atoms with Crippen LogP contribution in [0.3, 0.4) is 0 Å². The molecule has 224 valence electrons. The van der Waals surface area contributed by atoms with Gasteiger partial charge in [-0.2, -0.15) is 11.1 Å². The lowest BCUT2D eigenvalue weighted by Crippen LogP contribution is -3.01. The molecule has 0 aromatic carbocycles. The first-order chi connectivity index (χ1) is 16.4. The Morgan fingerprint density at radius 3 is 0.649 bits per heavy atom. The van der Waals surface area contributed by atoms with E-state index in [0.29, 0.717) is 22.2 Å². The van der Waals surface area contributed by atoms with Gasteiger partial charge >= 0.3 is 0 Å². The maximum absolute atomic E-state index is 9.41. The molecule has 0 aromatic heterocycles. The molecule has 0 heterocycles. The summed E-state index contributed by atoms with van der Waals surface area (Å²) in [5.41, 5.74) is 6.65. The van der Waals surface area contributed by atoms with Crippen LogP contribution in [-0.2, 0) is 0 Å². The van der Waals surface area contributed by atoms with Gasteiger partial charge in [0.2, 0.25) is 0 Å². The lowest BCUT2D eigenvalue weighted by atomic mass is 10.5. The molecule has 0 saturated carbocycles. The molecule has 0 atom stereocenters. The molecule has 0 nitrogen and oxygen atoms in total. The van der Waals surface area contributed by atoms with Crippen LogP contribution < -0.4 is 0 Å². The molecule has 0 unspecified atom stereocenters. The Kier molecular flexibility index (Phi) is 13.7. The Hall–Kier alpha value is 1.88. The van der Waals surface area contributed by atoms with Crippen LogP contribution in [0.1, 0.15) is 111 Å². The first kappa shape index (κ1) is 38.9. The summed E-state index contributed by atoms with van der Waals surface area (Å²) in [5.74, 6) is -2.43. The molecule has 0 N–H and O–H groups in total. The Balaban J connectivity index is 9.22. The van der Waals surface area contributed by atoms with Crippen molar-refractivity contribution in [2.45, 2.75) is 181 Å². The smallest absolute Gasteiger partial charge is 0.129 e. The van der Waals surface area contributed by atoms with Gasteiger partial charge in [0.25, 0.3) is 0 Å². The minimum Gasteiger partial charge on any atom is -0.178 e. The summed E-state index contributed by atoms with van der Waals surface area (Å²) in [7, 11) is -7.76. The van der Waals surface area contributed by atoms with Gasteiger partial charge in [0.05, 0.1) is 21.8 Å². The van der Waals surface area contributed by atoms with Crippen molar-refractivity contribution in [2.75, 3.05) is 5.50 Å². The van der Waals surface area contributed by atoms with E-state index in [1.54, 1.807) is 0 Å². The highest BCUT2D eigenvalue weighted by molar-refractivity contribution is 8.17. The van der Waals surface area contributed by atoms with Crippen LogP contribution in [0, 0.1) is 0 Å². The predicted molar refractivity (Wildman–Crippen MR) is 195 cm³/mol. The van der Waals surface area contributed by atoms with Crippen molar-refractivity contribution in [3.63, 3.8) is 0 Å². The van der Waals surface area contributed by atoms with Gasteiger partial charge in [-0.1, -0.05) is 181 Å². The molecule has 0 radical (unpaired) electrons. The van der Waals surface area contributed by atoms with E-state index in [0.717, 1.165) is 27.7 Å². The van der Waals surface area contributed by atoms with Gasteiger partial charge in [-0.05, 0) is 0 Å². The summed E-state index contributed by atoms with van der Waals surface area (Å²) in [6.45, 7) is 50.8. The second kappa shape index (κ2) is 13.0. The van der Waals surface area contributed by atoms with Gasteiger partial charge in [-0.3, -0.25) is 0 Å². The maximum atomic E-state index is 9.41. The SMILES string of the molecule is CC(C)[Si](C)(C(C)C)[Si](Cl)([Si](C)(C(C)C)C(C)C)[Si](CCl)([Si](C)(C(C)C)C(C)C)[Si](C)(C(C)C)C(C)C. The topological polar surface area (TPSA) is 0 Å². The lowest BCUT2D eigenvalue weighted by molar-refractivity contribution is 0.904. The van der Waals surface area contributed by atoms with Gasteiger partial charge in [0.1, 0.15) is 5.94 Å². The number of alkyl halides is 1. The van der Waals surface area contributed by atoms with E-state index in [2.05, 4.69) is 137 Å². The standard InChI is InChI=1S/C29H70Cl2Si6/c1-22(2)32(17,23(3)4)36(21-30,33(18,24(5)6)25(7)8)37(31,34(19,26(9)10)27(11)12)35(20,28(13)14)29(15)16/h22-29H,21H2,1-20H3. The number of rotatable bonds is 14. The molecule has 0 aromatic rings. The average molecular weight is 658 g/mol. The summed E-state index contributed by atoms with van der Waals surface area (Å²) in [4.78, 5) is 0. The molecule has 8 heteroatoms. The molecule has 0 spiro atoms. The number of hydrogen-bond donors (Lipinski definition) is 0. The second-order valence-corrected chi connectivity index (χ2v) is 80.7. The molecule has 0 fully saturated rings. The van der Waals surface area contributed by atoms with Crippen LogP contribution in [0.25, 0.3) is 0 Å². The summed E-state index contributed by atoms with van der Waals surface area (Å²) < 4.78 is 0. The molecule has 0 bridgehead atoms. The molecule has 0 amide bonds. The predicted octanol–water partition coefficient (Wildman–Crippen LogP) is 12.4. The first-order valence-electron chi connectivity index (χ1n) is 15.6. The number of halogens is 2. The summed E-state index contributed by atoms with van der Waals surface area (Å²) in [5, 5.41) is 0.